The highest BCUT2D eigenvalue weighted by atomic mass is 35.5. The molecule has 0 saturated heterocycles. The Morgan fingerprint density at radius 3 is 2.48 bits per heavy atom. The molecule has 2 aromatic carbocycles. The summed E-state index contributed by atoms with van der Waals surface area (Å²) in [5.41, 5.74) is 0.466. The number of amides is 1. The van der Waals surface area contributed by atoms with Gasteiger partial charge in [-0.3, -0.25) is 4.79 Å². The summed E-state index contributed by atoms with van der Waals surface area (Å²) < 4.78 is 1.22. The Morgan fingerprint density at radius 2 is 1.76 bits per heavy atom. The fourth-order valence-corrected chi connectivity index (χ4v) is 3.61. The quantitative estimate of drug-likeness (QED) is 0.705. The van der Waals surface area contributed by atoms with Crippen molar-refractivity contribution in [3.05, 3.63) is 69.0 Å². The first-order valence-electron chi connectivity index (χ1n) is 6.33. The van der Waals surface area contributed by atoms with Gasteiger partial charge < -0.3 is 5.32 Å². The number of hydrogen-bond acceptors (Lipinski definition) is 2. The monoisotopic (exact) mass is 335 g/mol. The van der Waals surface area contributed by atoms with Gasteiger partial charge in [-0.05, 0) is 35.7 Å². The van der Waals surface area contributed by atoms with Crippen molar-refractivity contribution in [2.75, 3.05) is 0 Å². The van der Waals surface area contributed by atoms with Crippen molar-refractivity contribution in [3.8, 4) is 0 Å². The van der Waals surface area contributed by atoms with Crippen LogP contribution in [-0.2, 0) is 6.54 Å². The first-order valence-corrected chi connectivity index (χ1v) is 7.91. The van der Waals surface area contributed by atoms with Gasteiger partial charge in [0.15, 0.2) is 0 Å². The highest BCUT2D eigenvalue weighted by molar-refractivity contribution is 7.19. The summed E-state index contributed by atoms with van der Waals surface area (Å²) in [6.45, 7) is 0.488. The van der Waals surface area contributed by atoms with E-state index in [-0.39, 0.29) is 5.91 Å². The molecule has 106 valence electrons. The molecule has 0 radical (unpaired) electrons. The van der Waals surface area contributed by atoms with Crippen molar-refractivity contribution >= 4 is 50.5 Å². The second-order valence-corrected chi connectivity index (χ2v) is 6.63. The summed E-state index contributed by atoms with van der Waals surface area (Å²) >= 11 is 13.5. The summed E-state index contributed by atoms with van der Waals surface area (Å²) in [5.74, 6) is -0.183. The third-order valence-electron chi connectivity index (χ3n) is 3.02. The SMILES string of the molecule is O=C(NCc1cc2ccccc2s1)c1cc(Cl)cc(Cl)c1. The largest absolute Gasteiger partial charge is 0.347 e. The fraction of sp³-hybridized carbons (Fsp3) is 0.0625. The maximum absolute atomic E-state index is 12.1. The number of hydrogen-bond donors (Lipinski definition) is 1. The standard InChI is InChI=1S/C16H11Cl2NOS/c17-12-5-11(6-13(18)8-12)16(20)19-9-14-7-10-3-1-2-4-15(10)21-14/h1-8H,9H2,(H,19,20). The second-order valence-electron chi connectivity index (χ2n) is 4.59. The van der Waals surface area contributed by atoms with Gasteiger partial charge in [0.1, 0.15) is 0 Å². The van der Waals surface area contributed by atoms with Crippen LogP contribution >= 0.6 is 34.5 Å². The van der Waals surface area contributed by atoms with E-state index in [0.29, 0.717) is 22.2 Å². The van der Waals surface area contributed by atoms with Crippen LogP contribution in [-0.4, -0.2) is 5.91 Å². The van der Waals surface area contributed by atoms with Crippen molar-refractivity contribution in [2.24, 2.45) is 0 Å². The summed E-state index contributed by atoms with van der Waals surface area (Å²) in [6.07, 6.45) is 0. The molecule has 0 saturated carbocycles. The predicted molar refractivity (Wildman–Crippen MR) is 89.5 cm³/mol. The average molecular weight is 336 g/mol. The van der Waals surface area contributed by atoms with Gasteiger partial charge in [0.05, 0.1) is 6.54 Å². The van der Waals surface area contributed by atoms with Crippen LogP contribution in [0.1, 0.15) is 15.2 Å². The molecule has 0 unspecified atom stereocenters. The Morgan fingerprint density at radius 1 is 1.05 bits per heavy atom. The summed E-state index contributed by atoms with van der Waals surface area (Å²) in [5, 5.41) is 4.98. The topological polar surface area (TPSA) is 29.1 Å². The molecule has 0 atom stereocenters. The highest BCUT2D eigenvalue weighted by Crippen LogP contribution is 2.25. The van der Waals surface area contributed by atoms with Crippen LogP contribution < -0.4 is 5.32 Å². The molecule has 1 amide bonds. The van der Waals surface area contributed by atoms with E-state index in [0.717, 1.165) is 4.88 Å². The van der Waals surface area contributed by atoms with Crippen LogP contribution in [0.2, 0.25) is 10.0 Å². The molecule has 5 heteroatoms. The zero-order chi connectivity index (χ0) is 14.8. The van der Waals surface area contributed by atoms with Gasteiger partial charge in [0.25, 0.3) is 5.91 Å². The predicted octanol–water partition coefficient (Wildman–Crippen LogP) is 5.14. The molecule has 1 aromatic heterocycles. The van der Waals surface area contributed by atoms with E-state index in [2.05, 4.69) is 23.5 Å². The van der Waals surface area contributed by atoms with Gasteiger partial charge in [-0.1, -0.05) is 41.4 Å². The molecule has 1 N–H and O–H groups in total. The first kappa shape index (κ1) is 14.4. The Bertz CT molecular complexity index is 760. The maximum atomic E-state index is 12.1. The van der Waals surface area contributed by atoms with Gasteiger partial charge in [0, 0.05) is 25.2 Å². The molecule has 21 heavy (non-hydrogen) atoms. The zero-order valence-electron chi connectivity index (χ0n) is 10.9. The summed E-state index contributed by atoms with van der Waals surface area (Å²) in [7, 11) is 0. The van der Waals surface area contributed by atoms with Gasteiger partial charge >= 0.3 is 0 Å². The van der Waals surface area contributed by atoms with Gasteiger partial charge in [-0.25, -0.2) is 0 Å². The van der Waals surface area contributed by atoms with Crippen molar-refractivity contribution in [3.63, 3.8) is 0 Å². The minimum Gasteiger partial charge on any atom is -0.347 e. The number of benzene rings is 2. The van der Waals surface area contributed by atoms with E-state index >= 15 is 0 Å². The molecule has 0 aliphatic heterocycles. The van der Waals surface area contributed by atoms with E-state index in [1.165, 1.54) is 10.1 Å². The normalized spacial score (nSPS) is 10.8. The molecular formula is C16H11Cl2NOS. The van der Waals surface area contributed by atoms with Gasteiger partial charge in [-0.15, -0.1) is 11.3 Å². The molecule has 0 aliphatic carbocycles. The zero-order valence-corrected chi connectivity index (χ0v) is 13.2. The number of rotatable bonds is 3. The smallest absolute Gasteiger partial charge is 0.251 e. The van der Waals surface area contributed by atoms with E-state index in [1.807, 2.05) is 12.1 Å². The minimum atomic E-state index is -0.183. The van der Waals surface area contributed by atoms with Crippen molar-refractivity contribution in [1.82, 2.24) is 5.32 Å². The third kappa shape index (κ3) is 3.38. The number of halogens is 2. The Kier molecular flexibility index (Phi) is 4.15. The molecule has 0 spiro atoms. The van der Waals surface area contributed by atoms with E-state index < -0.39 is 0 Å². The minimum absolute atomic E-state index is 0.183. The van der Waals surface area contributed by atoms with Crippen LogP contribution in [0.5, 0.6) is 0 Å². The van der Waals surface area contributed by atoms with E-state index in [9.17, 15) is 4.79 Å². The number of carbonyl (C=O) groups excluding carboxylic acids is 1. The van der Waals surface area contributed by atoms with Crippen molar-refractivity contribution in [1.29, 1.82) is 0 Å². The Balaban J connectivity index is 1.73. The Hall–Kier alpha value is -1.55. The lowest BCUT2D eigenvalue weighted by Gasteiger charge is -2.04. The molecule has 0 fully saturated rings. The van der Waals surface area contributed by atoms with E-state index in [1.54, 1.807) is 29.5 Å². The molecule has 0 bridgehead atoms. The second kappa shape index (κ2) is 6.06. The maximum Gasteiger partial charge on any atom is 0.251 e. The third-order valence-corrected chi connectivity index (χ3v) is 4.58. The highest BCUT2D eigenvalue weighted by Gasteiger charge is 2.08. The molecule has 3 rings (SSSR count). The number of carbonyl (C=O) groups is 1. The molecule has 2 nitrogen and oxygen atoms in total. The van der Waals surface area contributed by atoms with Crippen LogP contribution in [0.25, 0.3) is 10.1 Å². The molecule has 0 aliphatic rings. The van der Waals surface area contributed by atoms with E-state index in [4.69, 9.17) is 23.2 Å². The number of thiophene rings is 1. The van der Waals surface area contributed by atoms with Crippen molar-refractivity contribution < 1.29 is 4.79 Å². The van der Waals surface area contributed by atoms with Crippen molar-refractivity contribution in [2.45, 2.75) is 6.54 Å². The van der Waals surface area contributed by atoms with Crippen LogP contribution in [0.15, 0.2) is 48.5 Å². The van der Waals surface area contributed by atoms with Crippen LogP contribution in [0.3, 0.4) is 0 Å². The summed E-state index contributed by atoms with van der Waals surface area (Å²) in [4.78, 5) is 13.2. The molecular weight excluding hydrogens is 325 g/mol. The molecule has 1 heterocycles. The fourth-order valence-electron chi connectivity index (χ4n) is 2.08. The first-order chi connectivity index (χ1) is 10.1. The van der Waals surface area contributed by atoms with Crippen LogP contribution in [0, 0.1) is 0 Å². The lowest BCUT2D eigenvalue weighted by Crippen LogP contribution is -2.22. The lowest BCUT2D eigenvalue weighted by molar-refractivity contribution is 0.0951. The van der Waals surface area contributed by atoms with Gasteiger partial charge in [-0.2, -0.15) is 0 Å². The van der Waals surface area contributed by atoms with Crippen LogP contribution in [0.4, 0.5) is 0 Å². The number of nitrogens with one attached hydrogen (secondary N) is 1. The Labute approximate surface area is 136 Å². The summed E-state index contributed by atoms with van der Waals surface area (Å²) in [6, 6.07) is 15.1. The average Bonchev–Trinajstić information content (AvgIpc) is 2.86. The van der Waals surface area contributed by atoms with Gasteiger partial charge in [0.2, 0.25) is 0 Å². The number of fused-ring (bicyclic) bond motifs is 1. The lowest BCUT2D eigenvalue weighted by atomic mass is 10.2. The molecule has 3 aromatic rings.